The van der Waals surface area contributed by atoms with Crippen molar-refractivity contribution in [3.05, 3.63) is 44.9 Å². The normalized spacial score (nSPS) is 9.95. The van der Waals surface area contributed by atoms with Gasteiger partial charge < -0.3 is 5.73 Å². The zero-order valence-corrected chi connectivity index (χ0v) is 14.4. The molecule has 1 heterocycles. The Labute approximate surface area is 135 Å². The van der Waals surface area contributed by atoms with Gasteiger partial charge in [-0.25, -0.2) is 4.98 Å². The number of aryl methyl sites for hydroxylation is 3. The molecule has 0 amide bonds. The number of aromatic nitrogens is 1. The van der Waals surface area contributed by atoms with Crippen molar-refractivity contribution in [3.8, 4) is 0 Å². The lowest BCUT2D eigenvalue weighted by Gasteiger charge is -2.08. The third-order valence-electron chi connectivity index (χ3n) is 2.92. The topological polar surface area (TPSA) is 56.0 Å². The second-order valence-electron chi connectivity index (χ2n) is 5.03. The number of benzene rings is 1. The monoisotopic (exact) mass is 324 g/mol. The van der Waals surface area contributed by atoms with Gasteiger partial charge in [-0.1, -0.05) is 6.07 Å². The molecular formula is C16H21ClN2OS. The predicted octanol–water partition coefficient (Wildman–Crippen LogP) is 4.06. The number of nitrogens with zero attached hydrogens (tertiary/aromatic N) is 1. The van der Waals surface area contributed by atoms with E-state index < -0.39 is 0 Å². The Morgan fingerprint density at radius 2 is 1.90 bits per heavy atom. The van der Waals surface area contributed by atoms with Gasteiger partial charge in [0.25, 0.3) is 0 Å². The molecular weight excluding hydrogens is 304 g/mol. The number of thiazole rings is 1. The largest absolute Gasteiger partial charge is 0.399 e. The van der Waals surface area contributed by atoms with Gasteiger partial charge in [0.1, 0.15) is 5.78 Å². The second-order valence-corrected chi connectivity index (χ2v) is 6.24. The van der Waals surface area contributed by atoms with E-state index in [4.69, 9.17) is 17.3 Å². The lowest BCUT2D eigenvalue weighted by molar-refractivity contribution is -0.114. The average Bonchev–Trinajstić information content (AvgIpc) is 2.82. The number of carbonyl (C=O) groups is 1. The van der Waals surface area contributed by atoms with E-state index in [0.717, 1.165) is 23.4 Å². The van der Waals surface area contributed by atoms with Crippen LogP contribution in [-0.2, 0) is 11.2 Å². The summed E-state index contributed by atoms with van der Waals surface area (Å²) in [4.78, 5) is 14.2. The number of Topliss-reactive ketones (excluding diaryl/α,β-unsaturated/α-hetero) is 1. The zero-order chi connectivity index (χ0) is 16.0. The first-order valence-corrected chi connectivity index (χ1v) is 8.07. The number of alkyl halides is 1. The summed E-state index contributed by atoms with van der Waals surface area (Å²) in [7, 11) is 0. The Kier molecular flexibility index (Phi) is 6.85. The van der Waals surface area contributed by atoms with E-state index in [-0.39, 0.29) is 11.7 Å². The molecule has 2 rings (SSSR count). The molecule has 0 saturated carbocycles. The van der Waals surface area contributed by atoms with Crippen LogP contribution in [0.5, 0.6) is 0 Å². The van der Waals surface area contributed by atoms with E-state index in [9.17, 15) is 4.79 Å². The highest BCUT2D eigenvalue weighted by Gasteiger charge is 2.06. The van der Waals surface area contributed by atoms with E-state index in [1.807, 2.05) is 19.9 Å². The number of hydrogen-bond acceptors (Lipinski definition) is 4. The van der Waals surface area contributed by atoms with E-state index in [1.165, 1.54) is 23.1 Å². The lowest BCUT2D eigenvalue weighted by Crippen LogP contribution is -1.97. The highest BCUT2D eigenvalue weighted by molar-refractivity contribution is 7.09. The minimum Gasteiger partial charge on any atom is -0.399 e. The molecule has 2 N–H and O–H groups in total. The van der Waals surface area contributed by atoms with Crippen molar-refractivity contribution in [1.29, 1.82) is 0 Å². The molecule has 0 radical (unpaired) electrons. The number of hydrogen-bond donors (Lipinski definition) is 1. The maximum Gasteiger partial charge on any atom is 0.144 e. The van der Waals surface area contributed by atoms with E-state index in [1.54, 1.807) is 11.3 Å². The summed E-state index contributed by atoms with van der Waals surface area (Å²) in [5, 5.41) is 3.26. The molecule has 21 heavy (non-hydrogen) atoms. The number of halogens is 1. The van der Waals surface area contributed by atoms with Gasteiger partial charge in [-0.2, -0.15) is 0 Å². The number of nitrogens with two attached hydrogens (primary N) is 1. The SMILES string of the molecule is CC(=O)CCl.Cc1csc(Cc2cc(C)c(N)cc2C)n1. The summed E-state index contributed by atoms with van der Waals surface area (Å²) in [6.45, 7) is 7.63. The van der Waals surface area contributed by atoms with E-state index in [2.05, 4.69) is 23.4 Å². The van der Waals surface area contributed by atoms with Crippen molar-refractivity contribution in [1.82, 2.24) is 4.98 Å². The first-order chi connectivity index (χ1) is 9.83. The van der Waals surface area contributed by atoms with Gasteiger partial charge in [0, 0.05) is 23.2 Å². The molecule has 2 aromatic rings. The molecule has 1 aromatic carbocycles. The van der Waals surface area contributed by atoms with Crippen LogP contribution in [0.15, 0.2) is 17.5 Å². The fourth-order valence-electron chi connectivity index (χ4n) is 1.74. The molecule has 3 nitrogen and oxygen atoms in total. The first-order valence-electron chi connectivity index (χ1n) is 6.65. The van der Waals surface area contributed by atoms with Gasteiger partial charge in [-0.05, 0) is 50.5 Å². The number of rotatable bonds is 3. The maximum atomic E-state index is 9.68. The molecule has 114 valence electrons. The number of carbonyl (C=O) groups excluding carboxylic acids is 1. The standard InChI is InChI=1S/C13H16N2S.C3H5ClO/c1-8-5-12(14)9(2)4-11(8)6-13-15-10(3)7-16-13;1-3(5)2-4/h4-5,7H,6,14H2,1-3H3;2H2,1H3. The summed E-state index contributed by atoms with van der Waals surface area (Å²) >= 11 is 6.71. The smallest absolute Gasteiger partial charge is 0.144 e. The van der Waals surface area contributed by atoms with E-state index >= 15 is 0 Å². The minimum absolute atomic E-state index is 0.0201. The number of ketones is 1. The van der Waals surface area contributed by atoms with Crippen LogP contribution in [0.2, 0.25) is 0 Å². The van der Waals surface area contributed by atoms with Crippen LogP contribution in [0, 0.1) is 20.8 Å². The van der Waals surface area contributed by atoms with Crippen LogP contribution in [0.3, 0.4) is 0 Å². The maximum absolute atomic E-state index is 9.68. The highest BCUT2D eigenvalue weighted by atomic mass is 35.5. The zero-order valence-electron chi connectivity index (χ0n) is 12.9. The Morgan fingerprint density at radius 3 is 2.38 bits per heavy atom. The fraction of sp³-hybridized carbons (Fsp3) is 0.375. The Balaban J connectivity index is 0.000000383. The van der Waals surface area contributed by atoms with Crippen molar-refractivity contribution < 1.29 is 4.79 Å². The summed E-state index contributed by atoms with van der Waals surface area (Å²) in [5.74, 6) is 0.159. The lowest BCUT2D eigenvalue weighted by atomic mass is 10.0. The molecule has 0 atom stereocenters. The Bertz CT molecular complexity index is 623. The third-order valence-corrected chi connectivity index (χ3v) is 4.26. The Hall–Kier alpha value is -1.39. The van der Waals surface area contributed by atoms with Crippen LogP contribution in [0.25, 0.3) is 0 Å². The fourth-order valence-corrected chi connectivity index (χ4v) is 2.53. The molecule has 5 heteroatoms. The molecule has 1 aromatic heterocycles. The molecule has 0 fully saturated rings. The number of anilines is 1. The Morgan fingerprint density at radius 1 is 1.29 bits per heavy atom. The molecule has 0 saturated heterocycles. The van der Waals surface area contributed by atoms with Gasteiger partial charge >= 0.3 is 0 Å². The third kappa shape index (κ3) is 5.86. The first kappa shape index (κ1) is 17.7. The van der Waals surface area contributed by atoms with Gasteiger partial charge in [0.15, 0.2) is 0 Å². The summed E-state index contributed by atoms with van der Waals surface area (Å²) < 4.78 is 0. The van der Waals surface area contributed by atoms with Crippen molar-refractivity contribution >= 4 is 34.4 Å². The molecule has 0 aliphatic heterocycles. The molecule has 0 bridgehead atoms. The highest BCUT2D eigenvalue weighted by Crippen LogP contribution is 2.21. The van der Waals surface area contributed by atoms with Gasteiger partial charge in [-0.3, -0.25) is 4.79 Å². The number of nitrogen functional groups attached to an aromatic ring is 1. The summed E-state index contributed by atoms with van der Waals surface area (Å²) in [6.07, 6.45) is 0.908. The van der Waals surface area contributed by atoms with Crippen molar-refractivity contribution in [2.24, 2.45) is 0 Å². The minimum atomic E-state index is 0.0201. The molecule has 0 spiro atoms. The van der Waals surface area contributed by atoms with Crippen molar-refractivity contribution in [2.75, 3.05) is 11.6 Å². The van der Waals surface area contributed by atoms with E-state index in [0.29, 0.717) is 0 Å². The molecule has 0 aliphatic carbocycles. The van der Waals surface area contributed by atoms with Gasteiger partial charge in [0.2, 0.25) is 0 Å². The second kappa shape index (κ2) is 8.15. The van der Waals surface area contributed by atoms with Crippen LogP contribution >= 0.6 is 22.9 Å². The summed E-state index contributed by atoms with van der Waals surface area (Å²) in [6, 6.07) is 4.21. The van der Waals surface area contributed by atoms with Crippen LogP contribution in [0.1, 0.15) is 34.3 Å². The molecule has 0 unspecified atom stereocenters. The van der Waals surface area contributed by atoms with Crippen molar-refractivity contribution in [3.63, 3.8) is 0 Å². The van der Waals surface area contributed by atoms with Gasteiger partial charge in [0.05, 0.1) is 10.9 Å². The summed E-state index contributed by atoms with van der Waals surface area (Å²) in [5.41, 5.74) is 11.6. The van der Waals surface area contributed by atoms with Crippen LogP contribution < -0.4 is 5.73 Å². The average molecular weight is 325 g/mol. The van der Waals surface area contributed by atoms with Crippen LogP contribution in [-0.4, -0.2) is 16.6 Å². The predicted molar refractivity (Wildman–Crippen MR) is 91.4 cm³/mol. The van der Waals surface area contributed by atoms with Gasteiger partial charge in [-0.15, -0.1) is 22.9 Å². The van der Waals surface area contributed by atoms with Crippen molar-refractivity contribution in [2.45, 2.75) is 34.1 Å². The van der Waals surface area contributed by atoms with Crippen LogP contribution in [0.4, 0.5) is 5.69 Å². The quantitative estimate of drug-likeness (QED) is 0.684. The molecule has 0 aliphatic rings.